The van der Waals surface area contributed by atoms with Gasteiger partial charge in [-0.3, -0.25) is 4.79 Å². The highest BCUT2D eigenvalue weighted by molar-refractivity contribution is 7.13. The lowest BCUT2D eigenvalue weighted by molar-refractivity contribution is -0.0442. The Kier molecular flexibility index (Phi) is 4.26. The zero-order valence-electron chi connectivity index (χ0n) is 12.6. The summed E-state index contributed by atoms with van der Waals surface area (Å²) in [6.07, 6.45) is 2.58. The minimum atomic E-state index is -0.520. The Hall–Kier alpha value is -1.54. The van der Waals surface area contributed by atoms with Gasteiger partial charge in [0, 0.05) is 6.54 Å². The van der Waals surface area contributed by atoms with Gasteiger partial charge in [0.25, 0.3) is 5.91 Å². The molecule has 0 radical (unpaired) electrons. The second-order valence-electron chi connectivity index (χ2n) is 5.57. The summed E-state index contributed by atoms with van der Waals surface area (Å²) in [6.45, 7) is 1.53. The molecule has 0 bridgehead atoms. The van der Waals surface area contributed by atoms with Crippen LogP contribution in [0.4, 0.5) is 10.1 Å². The van der Waals surface area contributed by atoms with E-state index in [2.05, 4.69) is 4.98 Å². The summed E-state index contributed by atoms with van der Waals surface area (Å²) in [6, 6.07) is 3.03. The van der Waals surface area contributed by atoms with Crippen LogP contribution >= 0.6 is 22.9 Å². The monoisotopic (exact) mass is 368 g/mol. The molecule has 5 nitrogen and oxygen atoms in total. The van der Waals surface area contributed by atoms with Gasteiger partial charge in [0.05, 0.1) is 25.1 Å². The molecule has 24 heavy (non-hydrogen) atoms. The number of aromatic nitrogens is 1. The first kappa shape index (κ1) is 16.0. The second kappa shape index (κ2) is 6.40. The number of fused-ring (bicyclic) bond motifs is 1. The van der Waals surface area contributed by atoms with E-state index in [-0.39, 0.29) is 10.9 Å². The number of benzene rings is 1. The van der Waals surface area contributed by atoms with Crippen molar-refractivity contribution < 1.29 is 18.7 Å². The molecule has 2 aliphatic rings. The SMILES string of the molecule is O=C(c1cnc(C2OCCO2)s1)N1CCCc2ccc(F)c(Cl)c21. The number of hydrogen-bond acceptors (Lipinski definition) is 5. The summed E-state index contributed by atoms with van der Waals surface area (Å²) in [5.74, 6) is -0.752. The Balaban J connectivity index is 1.65. The highest BCUT2D eigenvalue weighted by Crippen LogP contribution is 2.37. The van der Waals surface area contributed by atoms with Crippen LogP contribution in [-0.2, 0) is 15.9 Å². The predicted molar refractivity (Wildman–Crippen MR) is 88.2 cm³/mol. The molecule has 0 saturated carbocycles. The van der Waals surface area contributed by atoms with Crippen LogP contribution in [0.2, 0.25) is 5.02 Å². The van der Waals surface area contributed by atoms with Crippen molar-refractivity contribution in [3.05, 3.63) is 44.6 Å². The molecule has 2 aromatic rings. The van der Waals surface area contributed by atoms with Crippen LogP contribution in [-0.4, -0.2) is 30.6 Å². The molecule has 1 aromatic carbocycles. The van der Waals surface area contributed by atoms with E-state index in [0.29, 0.717) is 35.3 Å². The highest BCUT2D eigenvalue weighted by Gasteiger charge is 2.30. The Labute approximate surface area is 147 Å². The Morgan fingerprint density at radius 1 is 1.38 bits per heavy atom. The lowest BCUT2D eigenvalue weighted by atomic mass is 10.0. The summed E-state index contributed by atoms with van der Waals surface area (Å²) in [5, 5.41) is 0.603. The summed E-state index contributed by atoms with van der Waals surface area (Å²) >= 11 is 7.35. The third-order valence-corrected chi connectivity index (χ3v) is 5.42. The summed E-state index contributed by atoms with van der Waals surface area (Å²) < 4.78 is 24.6. The minimum Gasteiger partial charge on any atom is -0.344 e. The number of amides is 1. The zero-order valence-corrected chi connectivity index (χ0v) is 14.2. The van der Waals surface area contributed by atoms with Gasteiger partial charge in [-0.05, 0) is 24.5 Å². The summed E-state index contributed by atoms with van der Waals surface area (Å²) in [5.41, 5.74) is 1.35. The van der Waals surface area contributed by atoms with Crippen molar-refractivity contribution in [2.75, 3.05) is 24.7 Å². The molecule has 8 heteroatoms. The number of hydrogen-bond donors (Lipinski definition) is 0. The van der Waals surface area contributed by atoms with Crippen LogP contribution in [0.3, 0.4) is 0 Å². The Bertz CT molecular complexity index is 792. The molecule has 4 rings (SSSR count). The van der Waals surface area contributed by atoms with Crippen molar-refractivity contribution in [3.63, 3.8) is 0 Å². The number of halogens is 2. The van der Waals surface area contributed by atoms with E-state index in [1.54, 1.807) is 6.07 Å². The van der Waals surface area contributed by atoms with E-state index in [0.717, 1.165) is 18.4 Å². The van der Waals surface area contributed by atoms with Gasteiger partial charge in [-0.25, -0.2) is 9.37 Å². The maximum atomic E-state index is 13.8. The predicted octanol–water partition coefficient (Wildman–Crippen LogP) is 3.57. The molecule has 0 unspecified atom stereocenters. The van der Waals surface area contributed by atoms with Crippen LogP contribution < -0.4 is 4.90 Å². The first-order valence-electron chi connectivity index (χ1n) is 7.63. The van der Waals surface area contributed by atoms with E-state index < -0.39 is 12.1 Å². The lowest BCUT2D eigenvalue weighted by Crippen LogP contribution is -2.35. The quantitative estimate of drug-likeness (QED) is 0.813. The highest BCUT2D eigenvalue weighted by atomic mass is 35.5. The van der Waals surface area contributed by atoms with E-state index in [1.165, 1.54) is 28.5 Å². The van der Waals surface area contributed by atoms with Gasteiger partial charge in [-0.1, -0.05) is 17.7 Å². The first-order chi connectivity index (χ1) is 11.6. The van der Waals surface area contributed by atoms with E-state index in [1.807, 2.05) is 0 Å². The summed E-state index contributed by atoms with van der Waals surface area (Å²) in [4.78, 5) is 19.1. The average Bonchev–Trinajstić information content (AvgIpc) is 3.28. The van der Waals surface area contributed by atoms with E-state index in [9.17, 15) is 9.18 Å². The number of ether oxygens (including phenoxy) is 2. The molecular formula is C16H14ClFN2O3S. The second-order valence-corrected chi connectivity index (χ2v) is 7.01. The molecule has 1 fully saturated rings. The number of aryl methyl sites for hydroxylation is 1. The fourth-order valence-electron chi connectivity index (χ4n) is 2.95. The molecule has 2 aliphatic heterocycles. The van der Waals surface area contributed by atoms with Crippen LogP contribution in [0, 0.1) is 5.82 Å². The van der Waals surface area contributed by atoms with Gasteiger partial charge in [0.15, 0.2) is 0 Å². The third-order valence-electron chi connectivity index (χ3n) is 4.05. The molecule has 0 aliphatic carbocycles. The Morgan fingerprint density at radius 3 is 2.96 bits per heavy atom. The van der Waals surface area contributed by atoms with E-state index >= 15 is 0 Å². The van der Waals surface area contributed by atoms with Crippen molar-refractivity contribution in [1.82, 2.24) is 4.98 Å². The van der Waals surface area contributed by atoms with Gasteiger partial charge in [-0.15, -0.1) is 11.3 Å². The molecular weight excluding hydrogens is 355 g/mol. The number of nitrogens with zero attached hydrogens (tertiary/aromatic N) is 2. The fraction of sp³-hybridized carbons (Fsp3) is 0.375. The topological polar surface area (TPSA) is 51.7 Å². The number of anilines is 1. The molecule has 1 amide bonds. The maximum Gasteiger partial charge on any atom is 0.270 e. The van der Waals surface area contributed by atoms with Crippen LogP contribution in [0.15, 0.2) is 18.3 Å². The van der Waals surface area contributed by atoms with Gasteiger partial charge in [-0.2, -0.15) is 0 Å². The number of rotatable bonds is 2. The van der Waals surface area contributed by atoms with E-state index in [4.69, 9.17) is 21.1 Å². The fourth-order valence-corrected chi connectivity index (χ4v) is 4.10. The van der Waals surface area contributed by atoms with Crippen molar-refractivity contribution in [2.24, 2.45) is 0 Å². The largest absolute Gasteiger partial charge is 0.344 e. The Morgan fingerprint density at radius 2 is 2.17 bits per heavy atom. The number of carbonyl (C=O) groups excluding carboxylic acids is 1. The number of carbonyl (C=O) groups is 1. The molecule has 0 N–H and O–H groups in total. The maximum absolute atomic E-state index is 13.8. The van der Waals surface area contributed by atoms with Crippen LogP contribution in [0.5, 0.6) is 0 Å². The third kappa shape index (κ3) is 2.71. The normalized spacial score (nSPS) is 18.0. The van der Waals surface area contributed by atoms with Crippen LogP contribution in [0.1, 0.15) is 33.0 Å². The first-order valence-corrected chi connectivity index (χ1v) is 8.82. The van der Waals surface area contributed by atoms with Crippen molar-refractivity contribution in [1.29, 1.82) is 0 Å². The standard InChI is InChI=1S/C16H14ClFN2O3S/c17-12-10(18)4-3-9-2-1-5-20(13(9)12)15(21)11-8-19-14(24-11)16-22-6-7-23-16/h3-4,8,16H,1-2,5-7H2. The van der Waals surface area contributed by atoms with Crippen molar-refractivity contribution >= 4 is 34.5 Å². The van der Waals surface area contributed by atoms with Gasteiger partial charge >= 0.3 is 0 Å². The van der Waals surface area contributed by atoms with Crippen LogP contribution in [0.25, 0.3) is 0 Å². The smallest absolute Gasteiger partial charge is 0.270 e. The molecule has 126 valence electrons. The average molecular weight is 369 g/mol. The van der Waals surface area contributed by atoms with Gasteiger partial charge in [0.2, 0.25) is 6.29 Å². The van der Waals surface area contributed by atoms with Crippen molar-refractivity contribution in [3.8, 4) is 0 Å². The zero-order chi connectivity index (χ0) is 16.7. The van der Waals surface area contributed by atoms with Gasteiger partial charge in [0.1, 0.15) is 20.7 Å². The lowest BCUT2D eigenvalue weighted by Gasteiger charge is -2.30. The molecule has 3 heterocycles. The van der Waals surface area contributed by atoms with Gasteiger partial charge < -0.3 is 14.4 Å². The molecule has 1 saturated heterocycles. The summed E-state index contributed by atoms with van der Waals surface area (Å²) in [7, 11) is 0. The number of thiazole rings is 1. The molecule has 1 aromatic heterocycles. The minimum absolute atomic E-state index is 0.00671. The molecule has 0 spiro atoms. The molecule has 0 atom stereocenters. The van der Waals surface area contributed by atoms with Crippen molar-refractivity contribution in [2.45, 2.75) is 19.1 Å².